The van der Waals surface area contributed by atoms with Crippen molar-refractivity contribution >= 4 is 5.97 Å². The largest absolute Gasteiger partial charge is 0.468 e. The van der Waals surface area contributed by atoms with E-state index < -0.39 is 0 Å². The van der Waals surface area contributed by atoms with Crippen LogP contribution in [0.25, 0.3) is 0 Å². The highest BCUT2D eigenvalue weighted by Crippen LogP contribution is 2.55. The number of likely N-dealkylation sites (tertiary alicyclic amines) is 1. The number of nitrogens with zero attached hydrogens (tertiary/aromatic N) is 1. The summed E-state index contributed by atoms with van der Waals surface area (Å²) in [6.45, 7) is 6.62. The molecule has 1 heterocycles. The number of carbonyl (C=O) groups is 1. The van der Waals surface area contributed by atoms with Gasteiger partial charge in [0.2, 0.25) is 0 Å². The van der Waals surface area contributed by atoms with Crippen molar-refractivity contribution in [2.75, 3.05) is 20.2 Å². The summed E-state index contributed by atoms with van der Waals surface area (Å²) in [5.41, 5.74) is 0. The molecule has 3 aliphatic rings. The Hall–Kier alpha value is -0.570. The number of hydrogen-bond donors (Lipinski definition) is 0. The standard InChI is InChI=1S/C16H27NO2/c1-4-10(2)15(16(18)19-3)17-8-13-11-5-6-12(7-11)14(13)9-17/h10-15H,4-9H2,1-3H3/t10-,11-,12+,13+,14-,15-/m0/s1. The maximum Gasteiger partial charge on any atom is 0.323 e. The highest BCUT2D eigenvalue weighted by Gasteiger charge is 2.53. The maximum absolute atomic E-state index is 12.1. The first-order valence-electron chi connectivity index (χ1n) is 7.97. The van der Waals surface area contributed by atoms with Crippen LogP contribution < -0.4 is 0 Å². The average Bonchev–Trinajstić information content (AvgIpc) is 3.10. The number of methoxy groups -OCH3 is 1. The highest BCUT2D eigenvalue weighted by atomic mass is 16.5. The fourth-order valence-electron chi connectivity index (χ4n) is 5.03. The molecule has 0 unspecified atom stereocenters. The lowest BCUT2D eigenvalue weighted by molar-refractivity contribution is -0.148. The van der Waals surface area contributed by atoms with E-state index in [1.54, 1.807) is 0 Å². The number of rotatable bonds is 4. The Morgan fingerprint density at radius 1 is 1.26 bits per heavy atom. The molecule has 0 aromatic heterocycles. The van der Waals surface area contributed by atoms with E-state index in [-0.39, 0.29) is 12.0 Å². The van der Waals surface area contributed by atoms with Crippen LogP contribution in [0.3, 0.4) is 0 Å². The van der Waals surface area contributed by atoms with Crippen LogP contribution in [0.5, 0.6) is 0 Å². The smallest absolute Gasteiger partial charge is 0.323 e. The van der Waals surface area contributed by atoms with Crippen molar-refractivity contribution in [3.63, 3.8) is 0 Å². The lowest BCUT2D eigenvalue weighted by atomic mass is 9.82. The summed E-state index contributed by atoms with van der Waals surface area (Å²) in [4.78, 5) is 14.6. The normalized spacial score (nSPS) is 40.2. The van der Waals surface area contributed by atoms with Crippen LogP contribution in [0, 0.1) is 29.6 Å². The minimum atomic E-state index is -0.0262. The predicted octanol–water partition coefficient (Wildman–Crippen LogP) is 2.55. The summed E-state index contributed by atoms with van der Waals surface area (Å²) in [5.74, 6) is 4.01. The van der Waals surface area contributed by atoms with E-state index in [0.29, 0.717) is 5.92 Å². The van der Waals surface area contributed by atoms with Crippen molar-refractivity contribution in [2.24, 2.45) is 29.6 Å². The Morgan fingerprint density at radius 2 is 1.84 bits per heavy atom. The van der Waals surface area contributed by atoms with Gasteiger partial charge in [-0.3, -0.25) is 9.69 Å². The molecule has 2 saturated carbocycles. The molecule has 2 bridgehead atoms. The summed E-state index contributed by atoms with van der Waals surface area (Å²) in [6.07, 6.45) is 5.38. The lowest BCUT2D eigenvalue weighted by Crippen LogP contribution is -2.45. The minimum absolute atomic E-state index is 0.0139. The van der Waals surface area contributed by atoms with Crippen molar-refractivity contribution in [2.45, 2.75) is 45.6 Å². The van der Waals surface area contributed by atoms with Crippen LogP contribution in [0.2, 0.25) is 0 Å². The highest BCUT2D eigenvalue weighted by molar-refractivity contribution is 5.76. The summed E-state index contributed by atoms with van der Waals surface area (Å²) in [7, 11) is 1.53. The fourth-order valence-corrected chi connectivity index (χ4v) is 5.03. The zero-order chi connectivity index (χ0) is 13.6. The zero-order valence-corrected chi connectivity index (χ0v) is 12.5. The van der Waals surface area contributed by atoms with E-state index in [2.05, 4.69) is 18.7 Å². The quantitative estimate of drug-likeness (QED) is 0.732. The van der Waals surface area contributed by atoms with Crippen LogP contribution in [-0.2, 0) is 9.53 Å². The fraction of sp³-hybridized carbons (Fsp3) is 0.938. The Kier molecular flexibility index (Phi) is 3.59. The minimum Gasteiger partial charge on any atom is -0.468 e. The third-order valence-electron chi connectivity index (χ3n) is 6.18. The van der Waals surface area contributed by atoms with Crippen molar-refractivity contribution in [3.05, 3.63) is 0 Å². The van der Waals surface area contributed by atoms with E-state index in [9.17, 15) is 4.79 Å². The average molecular weight is 265 g/mol. The number of esters is 1. The second kappa shape index (κ2) is 5.08. The molecule has 0 radical (unpaired) electrons. The first-order chi connectivity index (χ1) is 9.15. The van der Waals surface area contributed by atoms with Gasteiger partial charge in [-0.2, -0.15) is 0 Å². The lowest BCUT2D eigenvalue weighted by Gasteiger charge is -2.30. The van der Waals surface area contributed by atoms with Crippen molar-refractivity contribution < 1.29 is 9.53 Å². The molecule has 0 aromatic carbocycles. The predicted molar refractivity (Wildman–Crippen MR) is 74.6 cm³/mol. The molecule has 3 fully saturated rings. The molecule has 3 nitrogen and oxygen atoms in total. The van der Waals surface area contributed by atoms with Gasteiger partial charge >= 0.3 is 5.97 Å². The third kappa shape index (κ3) is 2.10. The number of fused-ring (bicyclic) bond motifs is 5. The molecule has 2 aliphatic carbocycles. The molecule has 0 amide bonds. The Balaban J connectivity index is 1.73. The monoisotopic (exact) mass is 265 g/mol. The first kappa shape index (κ1) is 13.4. The Labute approximate surface area is 116 Å². The molecule has 19 heavy (non-hydrogen) atoms. The van der Waals surface area contributed by atoms with Gasteiger partial charge in [-0.15, -0.1) is 0 Å². The van der Waals surface area contributed by atoms with Gasteiger partial charge < -0.3 is 4.74 Å². The summed E-state index contributed by atoms with van der Waals surface area (Å²) in [5, 5.41) is 0. The number of ether oxygens (including phenoxy) is 1. The van der Waals surface area contributed by atoms with E-state index >= 15 is 0 Å². The van der Waals surface area contributed by atoms with Gasteiger partial charge in [0.15, 0.2) is 0 Å². The second-order valence-corrected chi connectivity index (χ2v) is 6.97. The van der Waals surface area contributed by atoms with Crippen LogP contribution in [0.15, 0.2) is 0 Å². The summed E-state index contributed by atoms with van der Waals surface area (Å²) >= 11 is 0. The van der Waals surface area contributed by atoms with Gasteiger partial charge in [0.05, 0.1) is 7.11 Å². The molecule has 0 N–H and O–H groups in total. The number of hydrogen-bond acceptors (Lipinski definition) is 3. The molecular formula is C16H27NO2. The van der Waals surface area contributed by atoms with Gasteiger partial charge in [-0.1, -0.05) is 20.3 Å². The third-order valence-corrected chi connectivity index (χ3v) is 6.18. The topological polar surface area (TPSA) is 29.5 Å². The number of carbonyl (C=O) groups excluding carboxylic acids is 1. The van der Waals surface area contributed by atoms with Crippen LogP contribution in [-0.4, -0.2) is 37.1 Å². The molecule has 1 aliphatic heterocycles. The summed E-state index contributed by atoms with van der Waals surface area (Å²) < 4.78 is 5.06. The molecule has 6 atom stereocenters. The SMILES string of the molecule is CC[C@H](C)[C@@H](C(=O)OC)N1C[C@@H]2[C@H]3CC[C@H](C3)[C@@H]2C1. The maximum atomic E-state index is 12.1. The molecule has 0 spiro atoms. The van der Waals surface area contributed by atoms with Crippen LogP contribution >= 0.6 is 0 Å². The van der Waals surface area contributed by atoms with E-state index in [4.69, 9.17) is 4.74 Å². The second-order valence-electron chi connectivity index (χ2n) is 6.97. The molecule has 108 valence electrons. The van der Waals surface area contributed by atoms with Crippen molar-refractivity contribution in [3.8, 4) is 0 Å². The van der Waals surface area contributed by atoms with Gasteiger partial charge in [0, 0.05) is 13.1 Å². The molecule has 3 heteroatoms. The molecule has 3 rings (SSSR count). The van der Waals surface area contributed by atoms with Crippen LogP contribution in [0.1, 0.15) is 39.5 Å². The van der Waals surface area contributed by atoms with E-state index in [1.807, 2.05) is 0 Å². The Morgan fingerprint density at radius 3 is 2.32 bits per heavy atom. The Bertz CT molecular complexity index is 339. The van der Waals surface area contributed by atoms with E-state index in [0.717, 1.165) is 43.2 Å². The molecule has 0 aromatic rings. The van der Waals surface area contributed by atoms with Crippen molar-refractivity contribution in [1.29, 1.82) is 0 Å². The van der Waals surface area contributed by atoms with Gasteiger partial charge in [0.25, 0.3) is 0 Å². The van der Waals surface area contributed by atoms with Gasteiger partial charge in [-0.25, -0.2) is 0 Å². The van der Waals surface area contributed by atoms with E-state index in [1.165, 1.54) is 26.4 Å². The molecular weight excluding hydrogens is 238 g/mol. The zero-order valence-electron chi connectivity index (χ0n) is 12.5. The summed E-state index contributed by atoms with van der Waals surface area (Å²) in [6, 6.07) is -0.0139. The van der Waals surface area contributed by atoms with Crippen LogP contribution in [0.4, 0.5) is 0 Å². The van der Waals surface area contributed by atoms with Gasteiger partial charge in [0.1, 0.15) is 6.04 Å². The van der Waals surface area contributed by atoms with Gasteiger partial charge in [-0.05, 0) is 48.9 Å². The molecule has 1 saturated heterocycles. The van der Waals surface area contributed by atoms with Crippen molar-refractivity contribution in [1.82, 2.24) is 4.90 Å². The first-order valence-corrected chi connectivity index (χ1v) is 7.97.